The number of hydrogen-bond donors (Lipinski definition) is 0. The average Bonchev–Trinajstić information content (AvgIpc) is 2.24. The van der Waals surface area contributed by atoms with Gasteiger partial charge in [0.05, 0.1) is 22.8 Å². The van der Waals surface area contributed by atoms with Crippen LogP contribution in [0.4, 0.5) is 26.3 Å². The lowest BCUT2D eigenvalue weighted by Gasteiger charge is -2.14. The first-order valence-electron chi connectivity index (χ1n) is 4.29. The van der Waals surface area contributed by atoms with Crippen LogP contribution in [-0.2, 0) is 12.4 Å². The lowest BCUT2D eigenvalue weighted by Crippen LogP contribution is -2.15. The Kier molecular flexibility index (Phi) is 3.37. The summed E-state index contributed by atoms with van der Waals surface area (Å²) in [5, 5.41) is 8.45. The molecule has 1 rings (SSSR count). The normalized spacial score (nSPS) is 12.1. The van der Waals surface area contributed by atoms with Crippen LogP contribution in [-0.4, -0.2) is 6.29 Å². The van der Waals surface area contributed by atoms with E-state index in [0.717, 1.165) is 6.07 Å². The van der Waals surface area contributed by atoms with Crippen molar-refractivity contribution in [2.45, 2.75) is 12.4 Å². The van der Waals surface area contributed by atoms with E-state index < -0.39 is 34.6 Å². The fraction of sp³-hybridized carbons (Fsp3) is 0.200. The van der Waals surface area contributed by atoms with E-state index in [1.165, 1.54) is 0 Å². The summed E-state index contributed by atoms with van der Waals surface area (Å²) in [6, 6.07) is 1.15. The van der Waals surface area contributed by atoms with E-state index in [2.05, 4.69) is 0 Å². The quantitative estimate of drug-likeness (QED) is 0.578. The predicted molar refractivity (Wildman–Crippen MR) is 46.5 cm³/mol. The van der Waals surface area contributed by atoms with Crippen molar-refractivity contribution in [3.05, 3.63) is 34.4 Å². The summed E-state index contributed by atoms with van der Waals surface area (Å²) in [5.74, 6) is 0. The Bertz CT molecular complexity index is 523. The molecule has 1 aromatic rings. The minimum Gasteiger partial charge on any atom is -0.298 e. The number of alkyl halides is 6. The van der Waals surface area contributed by atoms with Crippen LogP contribution in [0.3, 0.4) is 0 Å². The fourth-order valence-electron chi connectivity index (χ4n) is 1.29. The van der Waals surface area contributed by atoms with E-state index in [0.29, 0.717) is 0 Å². The lowest BCUT2D eigenvalue weighted by molar-refractivity contribution is -0.143. The van der Waals surface area contributed by atoms with Gasteiger partial charge in [0.2, 0.25) is 0 Å². The van der Waals surface area contributed by atoms with Crippen molar-refractivity contribution in [3.8, 4) is 6.07 Å². The van der Waals surface area contributed by atoms with Crippen LogP contribution in [0.1, 0.15) is 27.0 Å². The standard InChI is InChI=1S/C10H3F6NO/c11-9(12,13)7-2-8(10(14,15)16)6(4-18)1-5(7)3-17/h1-2,4H. The summed E-state index contributed by atoms with van der Waals surface area (Å²) >= 11 is 0. The number of nitrogens with zero attached hydrogens (tertiary/aromatic N) is 1. The van der Waals surface area contributed by atoms with Crippen LogP contribution < -0.4 is 0 Å². The van der Waals surface area contributed by atoms with Crippen LogP contribution in [0.2, 0.25) is 0 Å². The van der Waals surface area contributed by atoms with Gasteiger partial charge in [-0.2, -0.15) is 31.6 Å². The molecule has 96 valence electrons. The van der Waals surface area contributed by atoms with Crippen LogP contribution in [0.25, 0.3) is 0 Å². The Balaban J connectivity index is 3.66. The third-order valence-corrected chi connectivity index (χ3v) is 2.05. The third kappa shape index (κ3) is 2.61. The number of halogens is 6. The number of carbonyl (C=O) groups excluding carboxylic acids is 1. The van der Waals surface area contributed by atoms with Gasteiger partial charge in [0, 0.05) is 5.56 Å². The zero-order valence-electron chi connectivity index (χ0n) is 8.36. The molecular formula is C10H3F6NO. The second-order valence-corrected chi connectivity index (χ2v) is 3.21. The van der Waals surface area contributed by atoms with Crippen molar-refractivity contribution in [3.63, 3.8) is 0 Å². The van der Waals surface area contributed by atoms with E-state index in [-0.39, 0.29) is 18.4 Å². The summed E-state index contributed by atoms with van der Waals surface area (Å²) in [4.78, 5) is 10.4. The number of carbonyl (C=O) groups is 1. The molecule has 0 bridgehead atoms. The first-order chi connectivity index (χ1) is 8.11. The van der Waals surface area contributed by atoms with Crippen molar-refractivity contribution < 1.29 is 31.1 Å². The summed E-state index contributed by atoms with van der Waals surface area (Å²) in [5.41, 5.74) is -5.48. The second-order valence-electron chi connectivity index (χ2n) is 3.21. The zero-order chi connectivity index (χ0) is 14.1. The predicted octanol–water partition coefficient (Wildman–Crippen LogP) is 3.41. The highest BCUT2D eigenvalue weighted by atomic mass is 19.4. The maximum Gasteiger partial charge on any atom is 0.417 e. The molecule has 0 saturated carbocycles. The summed E-state index contributed by atoms with van der Waals surface area (Å²) in [6.45, 7) is 0. The van der Waals surface area contributed by atoms with E-state index >= 15 is 0 Å². The van der Waals surface area contributed by atoms with Gasteiger partial charge in [-0.15, -0.1) is 0 Å². The molecule has 0 amide bonds. The molecule has 0 radical (unpaired) electrons. The third-order valence-electron chi connectivity index (χ3n) is 2.05. The van der Waals surface area contributed by atoms with E-state index in [9.17, 15) is 31.1 Å². The van der Waals surface area contributed by atoms with Crippen molar-refractivity contribution in [2.24, 2.45) is 0 Å². The molecule has 0 unspecified atom stereocenters. The van der Waals surface area contributed by atoms with Gasteiger partial charge >= 0.3 is 12.4 Å². The lowest BCUT2D eigenvalue weighted by atomic mass is 9.99. The largest absolute Gasteiger partial charge is 0.417 e. The van der Waals surface area contributed by atoms with Gasteiger partial charge in [0.25, 0.3) is 0 Å². The van der Waals surface area contributed by atoms with E-state index in [1.54, 1.807) is 0 Å². The number of benzene rings is 1. The monoisotopic (exact) mass is 267 g/mol. The molecule has 1 aromatic carbocycles. The molecule has 0 aliphatic heterocycles. The molecule has 0 aromatic heterocycles. The molecular weight excluding hydrogens is 264 g/mol. The van der Waals surface area contributed by atoms with Gasteiger partial charge in [-0.1, -0.05) is 0 Å². The second kappa shape index (κ2) is 4.33. The Morgan fingerprint density at radius 3 is 1.83 bits per heavy atom. The molecule has 0 saturated heterocycles. The Labute approximate surface area is 96.4 Å². The molecule has 18 heavy (non-hydrogen) atoms. The van der Waals surface area contributed by atoms with Crippen LogP contribution in [0, 0.1) is 11.3 Å². The Morgan fingerprint density at radius 2 is 1.50 bits per heavy atom. The fourth-order valence-corrected chi connectivity index (χ4v) is 1.29. The SMILES string of the molecule is N#Cc1cc(C=O)c(C(F)(F)F)cc1C(F)(F)F. The first kappa shape index (κ1) is 14.0. The van der Waals surface area contributed by atoms with E-state index in [1.807, 2.05) is 0 Å². The Morgan fingerprint density at radius 1 is 1.00 bits per heavy atom. The van der Waals surface area contributed by atoms with Gasteiger partial charge in [0.1, 0.15) is 0 Å². The van der Waals surface area contributed by atoms with Gasteiger partial charge in [0.15, 0.2) is 6.29 Å². The highest BCUT2D eigenvalue weighted by molar-refractivity contribution is 5.79. The van der Waals surface area contributed by atoms with Gasteiger partial charge < -0.3 is 0 Å². The molecule has 0 N–H and O–H groups in total. The van der Waals surface area contributed by atoms with Crippen LogP contribution in [0.5, 0.6) is 0 Å². The van der Waals surface area contributed by atoms with Crippen molar-refractivity contribution in [1.82, 2.24) is 0 Å². The topological polar surface area (TPSA) is 40.9 Å². The minimum absolute atomic E-state index is 0.234. The summed E-state index contributed by atoms with van der Waals surface area (Å²) in [6.07, 6.45) is -10.5. The molecule has 0 fully saturated rings. The van der Waals surface area contributed by atoms with Gasteiger partial charge in [-0.05, 0) is 12.1 Å². The molecule has 0 aliphatic carbocycles. The average molecular weight is 267 g/mol. The molecule has 0 atom stereocenters. The Hall–Kier alpha value is -2.04. The number of rotatable bonds is 1. The van der Waals surface area contributed by atoms with E-state index in [4.69, 9.17) is 5.26 Å². The van der Waals surface area contributed by atoms with Crippen molar-refractivity contribution in [2.75, 3.05) is 0 Å². The highest BCUT2D eigenvalue weighted by Crippen LogP contribution is 2.38. The maximum absolute atomic E-state index is 12.4. The zero-order valence-corrected chi connectivity index (χ0v) is 8.36. The summed E-state index contributed by atoms with van der Waals surface area (Å²) in [7, 11) is 0. The number of hydrogen-bond acceptors (Lipinski definition) is 2. The molecule has 2 nitrogen and oxygen atoms in total. The smallest absolute Gasteiger partial charge is 0.298 e. The molecule has 0 heterocycles. The minimum atomic E-state index is -5.11. The molecule has 0 aliphatic rings. The highest BCUT2D eigenvalue weighted by Gasteiger charge is 2.40. The van der Waals surface area contributed by atoms with Crippen molar-refractivity contribution >= 4 is 6.29 Å². The number of aldehydes is 1. The molecule has 0 spiro atoms. The van der Waals surface area contributed by atoms with Crippen LogP contribution in [0.15, 0.2) is 12.1 Å². The summed E-state index contributed by atoms with van der Waals surface area (Å²) < 4.78 is 74.6. The van der Waals surface area contributed by atoms with Gasteiger partial charge in [-0.3, -0.25) is 4.79 Å². The van der Waals surface area contributed by atoms with Crippen LogP contribution >= 0.6 is 0 Å². The van der Waals surface area contributed by atoms with Crippen molar-refractivity contribution in [1.29, 1.82) is 5.26 Å². The van der Waals surface area contributed by atoms with Gasteiger partial charge in [-0.25, -0.2) is 0 Å². The molecule has 8 heteroatoms. The number of nitriles is 1. The first-order valence-corrected chi connectivity index (χ1v) is 4.29. The maximum atomic E-state index is 12.4.